The first-order valence-electron chi connectivity index (χ1n) is 7.03. The fourth-order valence-electron chi connectivity index (χ4n) is 2.74. The molecule has 17 heavy (non-hydrogen) atoms. The van der Waals surface area contributed by atoms with Crippen LogP contribution in [0.15, 0.2) is 0 Å². The summed E-state index contributed by atoms with van der Waals surface area (Å²) in [6.07, 6.45) is 2.94. The molecule has 1 rings (SSSR count). The third-order valence-corrected chi connectivity index (χ3v) is 4.10. The number of carbonyl (C=O) groups is 1. The standard InChI is InChI=1S/C14H28N2O/c1-5-11(6-2)14(17)16-8-12(10(3)4)7-13(15)9-16/h10-13H,5-9,15H2,1-4H3. The van der Waals surface area contributed by atoms with Gasteiger partial charge in [0.25, 0.3) is 0 Å². The van der Waals surface area contributed by atoms with Crippen LogP contribution in [0.3, 0.4) is 0 Å². The van der Waals surface area contributed by atoms with Crippen molar-refractivity contribution in [1.82, 2.24) is 4.90 Å². The van der Waals surface area contributed by atoms with Crippen LogP contribution < -0.4 is 5.73 Å². The van der Waals surface area contributed by atoms with Gasteiger partial charge in [0.1, 0.15) is 0 Å². The lowest BCUT2D eigenvalue weighted by atomic mass is 9.85. The normalized spacial score (nSPS) is 25.7. The van der Waals surface area contributed by atoms with E-state index in [1.54, 1.807) is 0 Å². The minimum atomic E-state index is 0.162. The summed E-state index contributed by atoms with van der Waals surface area (Å²) in [4.78, 5) is 14.4. The first-order chi connectivity index (χ1) is 7.99. The highest BCUT2D eigenvalue weighted by Gasteiger charge is 2.31. The maximum absolute atomic E-state index is 12.3. The Hall–Kier alpha value is -0.570. The van der Waals surface area contributed by atoms with E-state index in [4.69, 9.17) is 5.73 Å². The zero-order chi connectivity index (χ0) is 13.0. The van der Waals surface area contributed by atoms with Crippen molar-refractivity contribution in [2.24, 2.45) is 23.5 Å². The zero-order valence-corrected chi connectivity index (χ0v) is 11.8. The van der Waals surface area contributed by atoms with Gasteiger partial charge < -0.3 is 10.6 Å². The molecule has 0 bridgehead atoms. The van der Waals surface area contributed by atoms with Crippen molar-refractivity contribution >= 4 is 5.91 Å². The third kappa shape index (κ3) is 3.70. The molecule has 2 atom stereocenters. The van der Waals surface area contributed by atoms with Gasteiger partial charge in [0.2, 0.25) is 5.91 Å². The molecule has 0 aromatic rings. The van der Waals surface area contributed by atoms with E-state index in [-0.39, 0.29) is 12.0 Å². The second kappa shape index (κ2) is 6.39. The largest absolute Gasteiger partial charge is 0.341 e. The number of amides is 1. The molecular formula is C14H28N2O. The number of hydrogen-bond donors (Lipinski definition) is 1. The molecule has 1 saturated heterocycles. The smallest absolute Gasteiger partial charge is 0.225 e. The number of piperidine rings is 1. The molecule has 3 heteroatoms. The number of hydrogen-bond acceptors (Lipinski definition) is 2. The Labute approximate surface area is 106 Å². The fraction of sp³-hybridized carbons (Fsp3) is 0.929. The molecular weight excluding hydrogens is 212 g/mol. The Morgan fingerprint density at radius 2 is 1.88 bits per heavy atom. The molecule has 100 valence electrons. The first-order valence-corrected chi connectivity index (χ1v) is 7.03. The van der Waals surface area contributed by atoms with Crippen LogP contribution in [0.2, 0.25) is 0 Å². The van der Waals surface area contributed by atoms with Gasteiger partial charge in [0.15, 0.2) is 0 Å². The molecule has 2 unspecified atom stereocenters. The summed E-state index contributed by atoms with van der Waals surface area (Å²) in [6.45, 7) is 10.3. The number of carbonyl (C=O) groups excluding carboxylic acids is 1. The Morgan fingerprint density at radius 1 is 1.29 bits per heavy atom. The van der Waals surface area contributed by atoms with E-state index >= 15 is 0 Å². The Morgan fingerprint density at radius 3 is 2.35 bits per heavy atom. The molecule has 0 spiro atoms. The maximum Gasteiger partial charge on any atom is 0.225 e. The van der Waals surface area contributed by atoms with E-state index < -0.39 is 0 Å². The van der Waals surface area contributed by atoms with Gasteiger partial charge in [-0.15, -0.1) is 0 Å². The highest BCUT2D eigenvalue weighted by Crippen LogP contribution is 2.25. The van der Waals surface area contributed by atoms with Crippen molar-refractivity contribution < 1.29 is 4.79 Å². The molecule has 1 heterocycles. The average Bonchev–Trinajstić information content (AvgIpc) is 2.29. The van der Waals surface area contributed by atoms with E-state index in [1.165, 1.54) is 0 Å². The molecule has 1 amide bonds. The molecule has 2 N–H and O–H groups in total. The summed E-state index contributed by atoms with van der Waals surface area (Å²) in [5, 5.41) is 0. The first kappa shape index (κ1) is 14.5. The monoisotopic (exact) mass is 240 g/mol. The summed E-state index contributed by atoms with van der Waals surface area (Å²) in [7, 11) is 0. The molecule has 0 aliphatic carbocycles. The lowest BCUT2D eigenvalue weighted by molar-refractivity contribution is -0.138. The van der Waals surface area contributed by atoms with E-state index in [1.807, 2.05) is 4.90 Å². The minimum absolute atomic E-state index is 0.162. The fourth-order valence-corrected chi connectivity index (χ4v) is 2.74. The molecule has 0 radical (unpaired) electrons. The van der Waals surface area contributed by atoms with E-state index in [0.717, 1.165) is 32.4 Å². The van der Waals surface area contributed by atoms with Crippen LogP contribution in [0.5, 0.6) is 0 Å². The quantitative estimate of drug-likeness (QED) is 0.819. The van der Waals surface area contributed by atoms with Crippen LogP contribution in [0.25, 0.3) is 0 Å². The highest BCUT2D eigenvalue weighted by atomic mass is 16.2. The predicted octanol–water partition coefficient (Wildman–Crippen LogP) is 2.25. The predicted molar refractivity (Wildman–Crippen MR) is 71.6 cm³/mol. The summed E-state index contributed by atoms with van der Waals surface area (Å²) in [5.74, 6) is 1.68. The van der Waals surface area contributed by atoms with Crippen LogP contribution in [0.1, 0.15) is 47.0 Å². The van der Waals surface area contributed by atoms with Crippen LogP contribution in [0.4, 0.5) is 0 Å². The number of rotatable bonds is 4. The average molecular weight is 240 g/mol. The van der Waals surface area contributed by atoms with Gasteiger partial charge >= 0.3 is 0 Å². The van der Waals surface area contributed by atoms with Gasteiger partial charge in [-0.05, 0) is 31.1 Å². The summed E-state index contributed by atoms with van der Waals surface area (Å²) in [6, 6.07) is 0.162. The molecule has 1 aliphatic heterocycles. The summed E-state index contributed by atoms with van der Waals surface area (Å²) in [5.41, 5.74) is 6.08. The second-order valence-corrected chi connectivity index (χ2v) is 5.76. The van der Waals surface area contributed by atoms with E-state index in [0.29, 0.717) is 17.7 Å². The van der Waals surface area contributed by atoms with Crippen LogP contribution >= 0.6 is 0 Å². The molecule has 1 aliphatic rings. The lowest BCUT2D eigenvalue weighted by Gasteiger charge is -2.39. The minimum Gasteiger partial charge on any atom is -0.341 e. The highest BCUT2D eigenvalue weighted by molar-refractivity contribution is 5.78. The van der Waals surface area contributed by atoms with Gasteiger partial charge in [-0.25, -0.2) is 0 Å². The molecule has 0 saturated carbocycles. The zero-order valence-electron chi connectivity index (χ0n) is 11.8. The Kier molecular flexibility index (Phi) is 5.44. The van der Waals surface area contributed by atoms with Gasteiger partial charge in [-0.3, -0.25) is 4.79 Å². The van der Waals surface area contributed by atoms with Crippen molar-refractivity contribution in [2.45, 2.75) is 53.0 Å². The maximum atomic E-state index is 12.3. The van der Waals surface area contributed by atoms with Gasteiger partial charge in [-0.2, -0.15) is 0 Å². The van der Waals surface area contributed by atoms with Gasteiger partial charge in [0.05, 0.1) is 0 Å². The lowest BCUT2D eigenvalue weighted by Crippen LogP contribution is -2.52. The number of likely N-dealkylation sites (tertiary alicyclic amines) is 1. The molecule has 0 aromatic carbocycles. The molecule has 0 aromatic heterocycles. The van der Waals surface area contributed by atoms with Crippen molar-refractivity contribution in [1.29, 1.82) is 0 Å². The summed E-state index contributed by atoms with van der Waals surface area (Å²) >= 11 is 0. The van der Waals surface area contributed by atoms with E-state index in [9.17, 15) is 4.79 Å². The Bertz CT molecular complexity index is 249. The molecule has 3 nitrogen and oxygen atoms in total. The van der Waals surface area contributed by atoms with Crippen molar-refractivity contribution in [3.8, 4) is 0 Å². The summed E-state index contributed by atoms with van der Waals surface area (Å²) < 4.78 is 0. The van der Waals surface area contributed by atoms with Crippen molar-refractivity contribution in [2.75, 3.05) is 13.1 Å². The van der Waals surface area contributed by atoms with Gasteiger partial charge in [0, 0.05) is 25.0 Å². The van der Waals surface area contributed by atoms with Crippen LogP contribution in [-0.4, -0.2) is 29.9 Å². The van der Waals surface area contributed by atoms with Crippen LogP contribution in [-0.2, 0) is 4.79 Å². The Balaban J connectivity index is 2.66. The van der Waals surface area contributed by atoms with E-state index in [2.05, 4.69) is 27.7 Å². The van der Waals surface area contributed by atoms with Crippen molar-refractivity contribution in [3.63, 3.8) is 0 Å². The SMILES string of the molecule is CCC(CC)C(=O)N1CC(N)CC(C(C)C)C1. The van der Waals surface area contributed by atoms with Crippen molar-refractivity contribution in [3.05, 3.63) is 0 Å². The topological polar surface area (TPSA) is 46.3 Å². The number of nitrogens with zero attached hydrogens (tertiary/aromatic N) is 1. The van der Waals surface area contributed by atoms with Crippen LogP contribution in [0, 0.1) is 17.8 Å². The molecule has 1 fully saturated rings. The third-order valence-electron chi connectivity index (χ3n) is 4.10. The second-order valence-electron chi connectivity index (χ2n) is 5.76. The van der Waals surface area contributed by atoms with Gasteiger partial charge in [-0.1, -0.05) is 27.7 Å². The number of nitrogens with two attached hydrogens (primary N) is 1.